The number of rotatable bonds is 6. The van der Waals surface area contributed by atoms with Crippen molar-refractivity contribution in [3.63, 3.8) is 0 Å². The summed E-state index contributed by atoms with van der Waals surface area (Å²) in [5.41, 5.74) is -0.327. The highest BCUT2D eigenvalue weighted by Gasteiger charge is 2.57. The van der Waals surface area contributed by atoms with Crippen LogP contribution in [0.25, 0.3) is 11.1 Å². The first-order valence-electron chi connectivity index (χ1n) is 9.54. The predicted octanol–water partition coefficient (Wildman–Crippen LogP) is 3.39. The predicted molar refractivity (Wildman–Crippen MR) is 105 cm³/mol. The summed E-state index contributed by atoms with van der Waals surface area (Å²) in [6.45, 7) is 1.67. The van der Waals surface area contributed by atoms with Crippen LogP contribution in [0.1, 0.15) is 25.3 Å². The van der Waals surface area contributed by atoms with Crippen LogP contribution in [-0.4, -0.2) is 32.5 Å². The van der Waals surface area contributed by atoms with E-state index in [2.05, 4.69) is 10.0 Å². The zero-order valence-corrected chi connectivity index (χ0v) is 16.5. The fourth-order valence-corrected chi connectivity index (χ4v) is 5.08. The van der Waals surface area contributed by atoms with Crippen molar-refractivity contribution in [2.24, 2.45) is 5.41 Å². The van der Waals surface area contributed by atoms with E-state index in [9.17, 15) is 12.8 Å². The maximum absolute atomic E-state index is 15.2. The Bertz CT molecular complexity index is 960. The minimum atomic E-state index is -4.05. The summed E-state index contributed by atoms with van der Waals surface area (Å²) >= 11 is 0. The Morgan fingerprint density at radius 1 is 1.18 bits per heavy atom. The first-order chi connectivity index (χ1) is 13.3. The fourth-order valence-electron chi connectivity index (χ4n) is 4.12. The molecule has 2 fully saturated rings. The molecule has 0 amide bonds. The van der Waals surface area contributed by atoms with Gasteiger partial charge in [-0.2, -0.15) is 0 Å². The van der Waals surface area contributed by atoms with Crippen LogP contribution >= 0.6 is 0 Å². The molecular weight excluding hydrogens is 382 g/mol. The summed E-state index contributed by atoms with van der Waals surface area (Å²) in [6, 6.07) is 13.9. The molecule has 4 nitrogen and oxygen atoms in total. The molecule has 1 saturated heterocycles. The zero-order chi connectivity index (χ0) is 19.9. The Kier molecular flexibility index (Phi) is 5.02. The molecule has 1 heterocycles. The molecule has 2 aromatic carbocycles. The van der Waals surface area contributed by atoms with Crippen LogP contribution in [0.5, 0.6) is 0 Å². The summed E-state index contributed by atoms with van der Waals surface area (Å²) in [4.78, 5) is 0. The van der Waals surface area contributed by atoms with Gasteiger partial charge in [0, 0.05) is 29.6 Å². The third kappa shape index (κ3) is 3.58. The molecule has 4 rings (SSSR count). The second kappa shape index (κ2) is 7.21. The Labute approximate surface area is 164 Å². The van der Waals surface area contributed by atoms with Crippen molar-refractivity contribution in [3.05, 3.63) is 59.9 Å². The van der Waals surface area contributed by atoms with Gasteiger partial charge in [0.25, 0.3) is 0 Å². The molecule has 0 aromatic heterocycles. The van der Waals surface area contributed by atoms with Gasteiger partial charge in [-0.05, 0) is 37.3 Å². The maximum atomic E-state index is 15.2. The van der Waals surface area contributed by atoms with Gasteiger partial charge < -0.3 is 5.32 Å². The van der Waals surface area contributed by atoms with Crippen molar-refractivity contribution in [1.82, 2.24) is 10.0 Å². The first kappa shape index (κ1) is 19.5. The van der Waals surface area contributed by atoms with Crippen LogP contribution in [0.4, 0.5) is 8.78 Å². The molecule has 1 spiro atoms. The zero-order valence-electron chi connectivity index (χ0n) is 15.7. The van der Waals surface area contributed by atoms with Gasteiger partial charge in [-0.15, -0.1) is 0 Å². The van der Waals surface area contributed by atoms with Crippen molar-refractivity contribution < 1.29 is 17.2 Å². The van der Waals surface area contributed by atoms with Gasteiger partial charge in [0.05, 0.1) is 0 Å². The molecule has 2 N–H and O–H groups in total. The minimum absolute atomic E-state index is 0.180. The van der Waals surface area contributed by atoms with Crippen LogP contribution in [0.3, 0.4) is 0 Å². The monoisotopic (exact) mass is 406 g/mol. The first-order valence-corrected chi connectivity index (χ1v) is 11.1. The van der Waals surface area contributed by atoms with Gasteiger partial charge in [0.15, 0.2) is 0 Å². The lowest BCUT2D eigenvalue weighted by Crippen LogP contribution is -2.49. The van der Waals surface area contributed by atoms with Crippen LogP contribution < -0.4 is 10.0 Å². The van der Waals surface area contributed by atoms with E-state index in [4.69, 9.17) is 0 Å². The fraction of sp³-hybridized carbons (Fsp3) is 0.429. The smallest absolute Gasteiger partial charge is 0.243 e. The number of benzene rings is 2. The summed E-state index contributed by atoms with van der Waals surface area (Å²) in [7, 11) is -4.05. The van der Waals surface area contributed by atoms with E-state index in [1.165, 1.54) is 0 Å². The topological polar surface area (TPSA) is 58.2 Å². The van der Waals surface area contributed by atoms with E-state index in [0.29, 0.717) is 24.1 Å². The van der Waals surface area contributed by atoms with E-state index >= 15 is 4.39 Å². The molecule has 28 heavy (non-hydrogen) atoms. The number of halogens is 2. The van der Waals surface area contributed by atoms with Crippen molar-refractivity contribution in [2.45, 2.75) is 43.8 Å². The van der Waals surface area contributed by atoms with Crippen molar-refractivity contribution in [3.8, 4) is 11.1 Å². The second-order valence-electron chi connectivity index (χ2n) is 7.88. The van der Waals surface area contributed by atoms with Crippen LogP contribution in [0.15, 0.2) is 48.5 Å². The molecule has 150 valence electrons. The second-order valence-corrected chi connectivity index (χ2v) is 9.86. The van der Waals surface area contributed by atoms with E-state index < -0.39 is 21.6 Å². The molecule has 1 aliphatic carbocycles. The van der Waals surface area contributed by atoms with Crippen LogP contribution in [0, 0.1) is 11.2 Å². The maximum Gasteiger partial charge on any atom is 0.243 e. The molecule has 0 bridgehead atoms. The quantitative estimate of drug-likeness (QED) is 0.773. The molecule has 3 unspecified atom stereocenters. The van der Waals surface area contributed by atoms with Crippen molar-refractivity contribution >= 4 is 10.0 Å². The van der Waals surface area contributed by atoms with Crippen LogP contribution in [-0.2, 0) is 16.4 Å². The third-order valence-corrected chi connectivity index (χ3v) is 7.43. The molecule has 7 heteroatoms. The van der Waals surface area contributed by atoms with E-state index in [1.54, 1.807) is 12.1 Å². The molecule has 1 saturated carbocycles. The lowest BCUT2D eigenvalue weighted by Gasteiger charge is -2.26. The third-order valence-electron chi connectivity index (χ3n) is 5.99. The lowest BCUT2D eigenvalue weighted by atomic mass is 9.91. The van der Waals surface area contributed by atoms with Gasteiger partial charge in [-0.1, -0.05) is 48.5 Å². The normalized spacial score (nSPS) is 24.4. The summed E-state index contributed by atoms with van der Waals surface area (Å²) in [5.74, 6) is -0.298. The van der Waals surface area contributed by atoms with Crippen molar-refractivity contribution in [1.29, 1.82) is 0 Å². The Balaban J connectivity index is 1.60. The highest BCUT2D eigenvalue weighted by molar-refractivity contribution is 7.89. The molecular formula is C21H24F2N2O2S. The number of hydrogen-bond donors (Lipinski definition) is 2. The van der Waals surface area contributed by atoms with E-state index in [-0.39, 0.29) is 17.3 Å². The lowest BCUT2D eigenvalue weighted by molar-refractivity contribution is 0.385. The van der Waals surface area contributed by atoms with Crippen molar-refractivity contribution in [2.75, 3.05) is 6.54 Å². The Morgan fingerprint density at radius 3 is 2.54 bits per heavy atom. The number of hydrogen-bond acceptors (Lipinski definition) is 3. The highest BCUT2D eigenvalue weighted by atomic mass is 32.2. The number of nitrogens with one attached hydrogen (secondary N) is 2. The standard InChI is InChI=1S/C21H24F2N2O2S/c1-14(22)28(26,27)25-20-18(24-13-21(20)10-11-21)12-16-8-5-9-17(19(16)23)15-6-3-2-4-7-15/h2-9,14,18,20,24-25H,10-13H2,1H3. The van der Waals surface area contributed by atoms with Gasteiger partial charge in [-0.3, -0.25) is 0 Å². The van der Waals surface area contributed by atoms with Gasteiger partial charge in [0.2, 0.25) is 15.5 Å². The van der Waals surface area contributed by atoms with E-state index in [0.717, 1.165) is 25.3 Å². The average molecular weight is 406 g/mol. The Hall–Kier alpha value is -1.83. The summed E-state index contributed by atoms with van der Waals surface area (Å²) in [6.07, 6.45) is 2.11. The van der Waals surface area contributed by atoms with Gasteiger partial charge >= 0.3 is 0 Å². The van der Waals surface area contributed by atoms with Gasteiger partial charge in [0.1, 0.15) is 5.82 Å². The number of alkyl halides is 1. The molecule has 0 radical (unpaired) electrons. The highest BCUT2D eigenvalue weighted by Crippen LogP contribution is 2.52. The largest absolute Gasteiger partial charge is 0.311 e. The molecule has 3 atom stereocenters. The summed E-state index contributed by atoms with van der Waals surface area (Å²) < 4.78 is 55.5. The Morgan fingerprint density at radius 2 is 1.89 bits per heavy atom. The summed E-state index contributed by atoms with van der Waals surface area (Å²) in [5, 5.41) is 3.34. The van der Waals surface area contributed by atoms with Crippen LogP contribution in [0.2, 0.25) is 0 Å². The SMILES string of the molecule is CC(F)S(=O)(=O)NC1C(Cc2cccc(-c3ccccc3)c2F)NCC12CC2. The minimum Gasteiger partial charge on any atom is -0.311 e. The van der Waals surface area contributed by atoms with Gasteiger partial charge in [-0.25, -0.2) is 21.9 Å². The molecule has 2 aliphatic rings. The molecule has 2 aromatic rings. The van der Waals surface area contributed by atoms with E-state index in [1.807, 2.05) is 36.4 Å². The number of sulfonamides is 1. The average Bonchev–Trinajstić information content (AvgIpc) is 3.39. The molecule has 1 aliphatic heterocycles.